The van der Waals surface area contributed by atoms with Gasteiger partial charge >= 0.3 is 0 Å². The molecule has 4 nitrogen and oxygen atoms in total. The maximum absolute atomic E-state index is 8.78. The van der Waals surface area contributed by atoms with Gasteiger partial charge in [0.25, 0.3) is 0 Å². The molecule has 0 unspecified atom stereocenters. The summed E-state index contributed by atoms with van der Waals surface area (Å²) in [5.41, 5.74) is 9.84. The molecule has 0 atom stereocenters. The van der Waals surface area contributed by atoms with Crippen molar-refractivity contribution in [2.45, 2.75) is 13.0 Å². The number of nitriles is 1. The topological polar surface area (TPSA) is 65.9 Å². The van der Waals surface area contributed by atoms with E-state index in [1.165, 1.54) is 11.1 Å². The maximum Gasteiger partial charge on any atom is 0.128 e. The molecule has 0 amide bonds. The molecule has 1 aromatic carbocycles. The summed E-state index contributed by atoms with van der Waals surface area (Å²) in [6.45, 7) is 1.76. The normalized spacial score (nSPS) is 13.7. The zero-order valence-corrected chi connectivity index (χ0v) is 10.5. The van der Waals surface area contributed by atoms with Crippen LogP contribution in [-0.4, -0.2) is 11.5 Å². The number of hydrogen-bond donors (Lipinski definition) is 1. The fraction of sp³-hybridized carbons (Fsp3) is 0.200. The fourth-order valence-corrected chi connectivity index (χ4v) is 2.41. The summed E-state index contributed by atoms with van der Waals surface area (Å²) >= 11 is 0. The van der Waals surface area contributed by atoms with Gasteiger partial charge in [0.1, 0.15) is 11.9 Å². The summed E-state index contributed by atoms with van der Waals surface area (Å²) in [5, 5.41) is 8.78. The second kappa shape index (κ2) is 4.62. The molecule has 1 aromatic heterocycles. The minimum Gasteiger partial charge on any atom is -0.399 e. The van der Waals surface area contributed by atoms with Crippen LogP contribution in [0.1, 0.15) is 16.7 Å². The van der Waals surface area contributed by atoms with Gasteiger partial charge in [-0.25, -0.2) is 4.98 Å². The Hall–Kier alpha value is -2.54. The van der Waals surface area contributed by atoms with Gasteiger partial charge in [-0.05, 0) is 41.8 Å². The number of nitrogen functional groups attached to an aromatic ring is 1. The van der Waals surface area contributed by atoms with Crippen molar-refractivity contribution in [2.24, 2.45) is 0 Å². The smallest absolute Gasteiger partial charge is 0.128 e. The highest BCUT2D eigenvalue weighted by Gasteiger charge is 2.17. The van der Waals surface area contributed by atoms with Gasteiger partial charge in [0, 0.05) is 25.0 Å². The first-order chi connectivity index (χ1) is 9.26. The zero-order valence-electron chi connectivity index (χ0n) is 10.5. The molecule has 94 valence electrons. The van der Waals surface area contributed by atoms with Crippen LogP contribution in [-0.2, 0) is 13.0 Å². The number of hydrogen-bond acceptors (Lipinski definition) is 4. The number of pyridine rings is 1. The van der Waals surface area contributed by atoms with E-state index in [1.54, 1.807) is 12.3 Å². The van der Waals surface area contributed by atoms with E-state index in [0.29, 0.717) is 5.56 Å². The lowest BCUT2D eigenvalue weighted by atomic mass is 9.99. The third-order valence-corrected chi connectivity index (χ3v) is 3.44. The highest BCUT2D eigenvalue weighted by molar-refractivity contribution is 5.50. The van der Waals surface area contributed by atoms with Crippen LogP contribution >= 0.6 is 0 Å². The van der Waals surface area contributed by atoms with Crippen LogP contribution < -0.4 is 10.6 Å². The number of nitrogens with zero attached hydrogens (tertiary/aromatic N) is 3. The molecule has 0 saturated heterocycles. The average molecular weight is 250 g/mol. The predicted molar refractivity (Wildman–Crippen MR) is 74.6 cm³/mol. The molecule has 2 heterocycles. The molecular weight excluding hydrogens is 236 g/mol. The summed E-state index contributed by atoms with van der Waals surface area (Å²) in [4.78, 5) is 6.55. The molecule has 1 aliphatic heterocycles. The van der Waals surface area contributed by atoms with Crippen LogP contribution in [0.15, 0.2) is 36.5 Å². The predicted octanol–water partition coefficient (Wildman–Crippen LogP) is 2.10. The Bertz CT molecular complexity index is 640. The SMILES string of the molecule is N#Cc1ccc(N2CCc3ccc(N)cc3C2)nc1. The molecular formula is C15H14N4. The van der Waals surface area contributed by atoms with Crippen molar-refractivity contribution in [1.82, 2.24) is 4.98 Å². The lowest BCUT2D eigenvalue weighted by Gasteiger charge is -2.30. The number of fused-ring (bicyclic) bond motifs is 1. The second-order valence-electron chi connectivity index (χ2n) is 4.72. The van der Waals surface area contributed by atoms with Crippen LogP contribution in [0.25, 0.3) is 0 Å². The third kappa shape index (κ3) is 2.23. The van der Waals surface area contributed by atoms with E-state index in [0.717, 1.165) is 31.0 Å². The van der Waals surface area contributed by atoms with Crippen molar-refractivity contribution in [3.8, 4) is 6.07 Å². The van der Waals surface area contributed by atoms with Gasteiger partial charge in [-0.2, -0.15) is 5.26 Å². The monoisotopic (exact) mass is 250 g/mol. The van der Waals surface area contributed by atoms with Crippen LogP contribution in [0, 0.1) is 11.3 Å². The number of rotatable bonds is 1. The Morgan fingerprint density at radius 2 is 2.11 bits per heavy atom. The first kappa shape index (κ1) is 11.5. The molecule has 0 bridgehead atoms. The molecule has 19 heavy (non-hydrogen) atoms. The van der Waals surface area contributed by atoms with Crippen molar-refractivity contribution in [3.05, 3.63) is 53.2 Å². The van der Waals surface area contributed by atoms with E-state index in [4.69, 9.17) is 11.0 Å². The molecule has 0 spiro atoms. The molecule has 0 aliphatic carbocycles. The van der Waals surface area contributed by atoms with Crippen LogP contribution in [0.4, 0.5) is 11.5 Å². The average Bonchev–Trinajstić information content (AvgIpc) is 2.46. The molecule has 2 N–H and O–H groups in total. The van der Waals surface area contributed by atoms with Gasteiger partial charge in [-0.1, -0.05) is 6.07 Å². The third-order valence-electron chi connectivity index (χ3n) is 3.44. The minimum atomic E-state index is 0.588. The van der Waals surface area contributed by atoms with Gasteiger partial charge in [0.2, 0.25) is 0 Å². The Morgan fingerprint density at radius 1 is 1.21 bits per heavy atom. The minimum absolute atomic E-state index is 0.588. The zero-order chi connectivity index (χ0) is 13.2. The summed E-state index contributed by atoms with van der Waals surface area (Å²) in [5.74, 6) is 0.909. The lowest BCUT2D eigenvalue weighted by Crippen LogP contribution is -2.31. The Kier molecular flexibility index (Phi) is 2.81. The van der Waals surface area contributed by atoms with Gasteiger partial charge < -0.3 is 10.6 Å². The van der Waals surface area contributed by atoms with E-state index in [-0.39, 0.29) is 0 Å². The van der Waals surface area contributed by atoms with Gasteiger partial charge in [0.05, 0.1) is 5.56 Å². The Balaban J connectivity index is 1.86. The van der Waals surface area contributed by atoms with E-state index in [1.807, 2.05) is 18.2 Å². The summed E-state index contributed by atoms with van der Waals surface area (Å²) in [6, 6.07) is 11.9. The Morgan fingerprint density at radius 3 is 2.84 bits per heavy atom. The quantitative estimate of drug-likeness (QED) is 0.787. The van der Waals surface area contributed by atoms with Crippen molar-refractivity contribution in [3.63, 3.8) is 0 Å². The van der Waals surface area contributed by atoms with E-state index in [9.17, 15) is 0 Å². The molecule has 0 saturated carbocycles. The van der Waals surface area contributed by atoms with Gasteiger partial charge in [-0.3, -0.25) is 0 Å². The molecule has 4 heteroatoms. The maximum atomic E-state index is 8.78. The van der Waals surface area contributed by atoms with Gasteiger partial charge in [-0.15, -0.1) is 0 Å². The van der Waals surface area contributed by atoms with Crippen molar-refractivity contribution < 1.29 is 0 Å². The standard InChI is InChI=1S/C15H14N4/c16-8-11-1-4-15(18-9-11)19-6-5-12-2-3-14(17)7-13(12)10-19/h1-4,7,9H,5-6,10,17H2. The van der Waals surface area contributed by atoms with E-state index >= 15 is 0 Å². The number of aromatic nitrogens is 1. The largest absolute Gasteiger partial charge is 0.399 e. The molecule has 3 rings (SSSR count). The highest BCUT2D eigenvalue weighted by Crippen LogP contribution is 2.24. The van der Waals surface area contributed by atoms with Crippen molar-refractivity contribution >= 4 is 11.5 Å². The van der Waals surface area contributed by atoms with E-state index < -0.39 is 0 Å². The number of nitrogens with two attached hydrogens (primary N) is 1. The molecule has 0 fully saturated rings. The number of anilines is 2. The van der Waals surface area contributed by atoms with E-state index in [2.05, 4.69) is 22.0 Å². The first-order valence-corrected chi connectivity index (χ1v) is 6.24. The molecule has 2 aromatic rings. The lowest BCUT2D eigenvalue weighted by molar-refractivity contribution is 0.721. The summed E-state index contributed by atoms with van der Waals surface area (Å²) in [7, 11) is 0. The second-order valence-corrected chi connectivity index (χ2v) is 4.72. The van der Waals surface area contributed by atoms with Crippen LogP contribution in [0.5, 0.6) is 0 Å². The highest BCUT2D eigenvalue weighted by atomic mass is 15.2. The van der Waals surface area contributed by atoms with Crippen molar-refractivity contribution in [1.29, 1.82) is 5.26 Å². The van der Waals surface area contributed by atoms with Crippen molar-refractivity contribution in [2.75, 3.05) is 17.2 Å². The van der Waals surface area contributed by atoms with Crippen LogP contribution in [0.2, 0.25) is 0 Å². The Labute approximate surface area is 112 Å². The van der Waals surface area contributed by atoms with Gasteiger partial charge in [0.15, 0.2) is 0 Å². The number of benzene rings is 1. The first-order valence-electron chi connectivity index (χ1n) is 6.24. The molecule has 0 radical (unpaired) electrons. The fourth-order valence-electron chi connectivity index (χ4n) is 2.41. The summed E-state index contributed by atoms with van der Waals surface area (Å²) < 4.78 is 0. The van der Waals surface area contributed by atoms with Crippen LogP contribution in [0.3, 0.4) is 0 Å². The summed E-state index contributed by atoms with van der Waals surface area (Å²) in [6.07, 6.45) is 2.61. The molecule has 1 aliphatic rings.